The van der Waals surface area contributed by atoms with E-state index in [0.29, 0.717) is 25.3 Å². The van der Waals surface area contributed by atoms with Gasteiger partial charge in [-0.1, -0.05) is 45.7 Å². The Morgan fingerprint density at radius 1 is 1.13 bits per heavy atom. The Bertz CT molecular complexity index is 1240. The number of benzene rings is 3. The Balaban J connectivity index is 1.48. The molecule has 1 aromatic heterocycles. The van der Waals surface area contributed by atoms with E-state index >= 15 is 0 Å². The summed E-state index contributed by atoms with van der Waals surface area (Å²) in [6, 6.07) is 20.8. The van der Waals surface area contributed by atoms with Gasteiger partial charge in [0.2, 0.25) is 0 Å². The number of hydrogen-bond acceptors (Lipinski definition) is 3. The van der Waals surface area contributed by atoms with Gasteiger partial charge in [-0.05, 0) is 61.0 Å². The zero-order valence-corrected chi connectivity index (χ0v) is 19.3. The van der Waals surface area contributed by atoms with Gasteiger partial charge in [-0.2, -0.15) is 0 Å². The van der Waals surface area contributed by atoms with E-state index in [1.54, 1.807) is 12.1 Å². The highest BCUT2D eigenvalue weighted by molar-refractivity contribution is 9.10. The Morgan fingerprint density at radius 2 is 1.97 bits per heavy atom. The fourth-order valence-corrected chi connectivity index (χ4v) is 3.88. The van der Waals surface area contributed by atoms with Crippen molar-refractivity contribution in [2.24, 2.45) is 0 Å². The topological polar surface area (TPSA) is 56.1 Å². The van der Waals surface area contributed by atoms with Crippen LogP contribution in [0, 0.1) is 6.92 Å². The van der Waals surface area contributed by atoms with Crippen LogP contribution in [0.15, 0.2) is 71.2 Å². The molecular formula is C24H21BrClN3O2. The maximum atomic E-state index is 12.6. The largest absolute Gasteiger partial charge is 0.492 e. The molecule has 0 unspecified atom stereocenters. The maximum Gasteiger partial charge on any atom is 0.251 e. The van der Waals surface area contributed by atoms with E-state index in [1.165, 1.54) is 0 Å². The van der Waals surface area contributed by atoms with Crippen LogP contribution in [-0.4, -0.2) is 22.1 Å². The minimum atomic E-state index is -0.146. The SMILES string of the molecule is Cc1cc(OCCn2c(CNC(=O)c3cccc(Br)c3)nc3ccccc32)ccc1Cl. The van der Waals surface area contributed by atoms with Crippen LogP contribution in [0.1, 0.15) is 21.7 Å². The van der Waals surface area contributed by atoms with Gasteiger partial charge in [0.1, 0.15) is 18.2 Å². The normalized spacial score (nSPS) is 10.9. The Kier molecular flexibility index (Phi) is 6.59. The molecule has 158 valence electrons. The van der Waals surface area contributed by atoms with Crippen molar-refractivity contribution in [1.82, 2.24) is 14.9 Å². The third kappa shape index (κ3) is 5.09. The third-order valence-corrected chi connectivity index (χ3v) is 5.86. The number of para-hydroxylation sites is 2. The fraction of sp³-hybridized carbons (Fsp3) is 0.167. The summed E-state index contributed by atoms with van der Waals surface area (Å²) < 4.78 is 8.87. The average Bonchev–Trinajstić information content (AvgIpc) is 3.12. The summed E-state index contributed by atoms with van der Waals surface area (Å²) in [4.78, 5) is 17.3. The maximum absolute atomic E-state index is 12.6. The van der Waals surface area contributed by atoms with Crippen molar-refractivity contribution in [2.75, 3.05) is 6.61 Å². The van der Waals surface area contributed by atoms with E-state index in [4.69, 9.17) is 21.3 Å². The van der Waals surface area contributed by atoms with Crippen LogP contribution in [-0.2, 0) is 13.1 Å². The van der Waals surface area contributed by atoms with Gasteiger partial charge < -0.3 is 14.6 Å². The van der Waals surface area contributed by atoms with Crippen LogP contribution in [0.2, 0.25) is 5.02 Å². The van der Waals surface area contributed by atoms with E-state index in [1.807, 2.05) is 61.5 Å². The molecule has 0 atom stereocenters. The van der Waals surface area contributed by atoms with Gasteiger partial charge in [-0.25, -0.2) is 4.98 Å². The molecule has 7 heteroatoms. The number of nitrogens with zero attached hydrogens (tertiary/aromatic N) is 2. The monoisotopic (exact) mass is 497 g/mol. The molecule has 4 aromatic rings. The molecule has 0 aliphatic heterocycles. The first kappa shape index (κ1) is 21.4. The molecule has 5 nitrogen and oxygen atoms in total. The van der Waals surface area contributed by atoms with Crippen LogP contribution >= 0.6 is 27.5 Å². The number of amides is 1. The molecule has 31 heavy (non-hydrogen) atoms. The number of hydrogen-bond donors (Lipinski definition) is 1. The number of nitrogens with one attached hydrogen (secondary N) is 1. The number of rotatable bonds is 7. The number of halogens is 2. The molecule has 1 N–H and O–H groups in total. The Morgan fingerprint density at radius 3 is 2.77 bits per heavy atom. The molecule has 4 rings (SSSR count). The second-order valence-corrected chi connectivity index (χ2v) is 8.44. The van der Waals surface area contributed by atoms with Gasteiger partial charge in [0.15, 0.2) is 0 Å². The van der Waals surface area contributed by atoms with Crippen molar-refractivity contribution in [3.63, 3.8) is 0 Å². The number of carbonyl (C=O) groups is 1. The summed E-state index contributed by atoms with van der Waals surface area (Å²) in [5.74, 6) is 1.41. The number of aryl methyl sites for hydroxylation is 1. The molecule has 0 bridgehead atoms. The highest BCUT2D eigenvalue weighted by atomic mass is 79.9. The smallest absolute Gasteiger partial charge is 0.251 e. The van der Waals surface area contributed by atoms with Crippen molar-refractivity contribution in [3.05, 3.63) is 93.2 Å². The summed E-state index contributed by atoms with van der Waals surface area (Å²) in [6.45, 7) is 3.34. The van der Waals surface area contributed by atoms with E-state index in [-0.39, 0.29) is 5.91 Å². The second-order valence-electron chi connectivity index (χ2n) is 7.12. The molecule has 0 radical (unpaired) electrons. The number of fused-ring (bicyclic) bond motifs is 1. The minimum Gasteiger partial charge on any atom is -0.492 e. The van der Waals surface area contributed by atoms with Gasteiger partial charge in [0, 0.05) is 15.1 Å². The molecule has 0 saturated heterocycles. The van der Waals surface area contributed by atoms with Crippen LogP contribution in [0.5, 0.6) is 5.75 Å². The summed E-state index contributed by atoms with van der Waals surface area (Å²) >= 11 is 9.49. The average molecular weight is 499 g/mol. The van der Waals surface area contributed by atoms with E-state index in [0.717, 1.165) is 37.7 Å². The number of ether oxygens (including phenoxy) is 1. The van der Waals surface area contributed by atoms with Gasteiger partial charge in [-0.3, -0.25) is 4.79 Å². The lowest BCUT2D eigenvalue weighted by Gasteiger charge is -2.12. The van der Waals surface area contributed by atoms with E-state index in [9.17, 15) is 4.79 Å². The minimum absolute atomic E-state index is 0.146. The van der Waals surface area contributed by atoms with Crippen LogP contribution in [0.3, 0.4) is 0 Å². The quantitative estimate of drug-likeness (QED) is 0.352. The van der Waals surface area contributed by atoms with Crippen LogP contribution in [0.4, 0.5) is 0 Å². The zero-order chi connectivity index (χ0) is 21.8. The third-order valence-electron chi connectivity index (χ3n) is 4.94. The van der Waals surface area contributed by atoms with Crippen molar-refractivity contribution < 1.29 is 9.53 Å². The summed E-state index contributed by atoms with van der Waals surface area (Å²) in [5, 5.41) is 3.69. The van der Waals surface area contributed by atoms with E-state index < -0.39 is 0 Å². The molecule has 0 saturated carbocycles. The first-order chi connectivity index (χ1) is 15.0. The summed E-state index contributed by atoms with van der Waals surface area (Å²) in [7, 11) is 0. The molecule has 0 aliphatic carbocycles. The fourth-order valence-electron chi connectivity index (χ4n) is 3.36. The van der Waals surface area contributed by atoms with Crippen molar-refractivity contribution in [1.29, 1.82) is 0 Å². The molecule has 3 aromatic carbocycles. The van der Waals surface area contributed by atoms with Crippen LogP contribution < -0.4 is 10.1 Å². The molecule has 0 aliphatic rings. The Labute approximate surface area is 194 Å². The zero-order valence-electron chi connectivity index (χ0n) is 16.9. The number of aromatic nitrogens is 2. The van der Waals surface area contributed by atoms with Gasteiger partial charge in [0.05, 0.1) is 24.1 Å². The van der Waals surface area contributed by atoms with Gasteiger partial charge in [0.25, 0.3) is 5.91 Å². The van der Waals surface area contributed by atoms with Crippen molar-refractivity contribution in [3.8, 4) is 5.75 Å². The molecule has 0 fully saturated rings. The second kappa shape index (κ2) is 9.54. The highest BCUT2D eigenvalue weighted by Gasteiger charge is 2.13. The predicted octanol–water partition coefficient (Wildman–Crippen LogP) is 5.77. The highest BCUT2D eigenvalue weighted by Crippen LogP contribution is 2.22. The molecule has 1 amide bonds. The first-order valence-electron chi connectivity index (χ1n) is 9.88. The Hall–Kier alpha value is -2.83. The van der Waals surface area contributed by atoms with Crippen LogP contribution in [0.25, 0.3) is 11.0 Å². The standard InChI is InChI=1S/C24H21BrClN3O2/c1-16-13-19(9-10-20(16)26)31-12-11-29-22-8-3-2-7-21(22)28-23(29)15-27-24(30)17-5-4-6-18(25)14-17/h2-10,13-14H,11-12,15H2,1H3,(H,27,30). The summed E-state index contributed by atoms with van der Waals surface area (Å²) in [6.07, 6.45) is 0. The lowest BCUT2D eigenvalue weighted by Crippen LogP contribution is -2.25. The lowest BCUT2D eigenvalue weighted by molar-refractivity contribution is 0.0949. The summed E-state index contributed by atoms with van der Waals surface area (Å²) in [5.41, 5.74) is 3.46. The van der Waals surface area contributed by atoms with Crippen molar-refractivity contribution in [2.45, 2.75) is 20.0 Å². The first-order valence-corrected chi connectivity index (χ1v) is 11.1. The molecule has 0 spiro atoms. The number of imidazole rings is 1. The lowest BCUT2D eigenvalue weighted by atomic mass is 10.2. The molecule has 1 heterocycles. The predicted molar refractivity (Wildman–Crippen MR) is 127 cm³/mol. The van der Waals surface area contributed by atoms with Gasteiger partial charge >= 0.3 is 0 Å². The molecular weight excluding hydrogens is 478 g/mol. The van der Waals surface area contributed by atoms with Crippen molar-refractivity contribution >= 4 is 44.5 Å². The van der Waals surface area contributed by atoms with E-state index in [2.05, 4.69) is 25.8 Å². The van der Waals surface area contributed by atoms with Gasteiger partial charge in [-0.15, -0.1) is 0 Å². The number of carbonyl (C=O) groups excluding carboxylic acids is 1.